The van der Waals surface area contributed by atoms with Gasteiger partial charge in [-0.2, -0.15) is 0 Å². The highest BCUT2D eigenvalue weighted by molar-refractivity contribution is 7.26. The fourth-order valence-electron chi connectivity index (χ4n) is 7.05. The van der Waals surface area contributed by atoms with Crippen LogP contribution in [-0.2, 0) is 0 Å². The summed E-state index contributed by atoms with van der Waals surface area (Å²) in [5.41, 5.74) is 10.7. The minimum absolute atomic E-state index is 0.649. The molecule has 0 N–H and O–H groups in total. The monoisotopic (exact) mass is 657 g/mol. The first kappa shape index (κ1) is 28.6. The van der Waals surface area contributed by atoms with E-state index >= 15 is 0 Å². The summed E-state index contributed by atoms with van der Waals surface area (Å²) in [5, 5.41) is 4.58. The molecule has 0 atom stereocenters. The van der Waals surface area contributed by atoms with Gasteiger partial charge in [0.15, 0.2) is 5.82 Å². The van der Waals surface area contributed by atoms with E-state index in [0.29, 0.717) is 5.82 Å². The molecule has 10 rings (SSSR count). The molecule has 0 saturated heterocycles. The number of hydrogen-bond acceptors (Lipinski definition) is 5. The summed E-state index contributed by atoms with van der Waals surface area (Å²) in [4.78, 5) is 14.9. The summed E-state index contributed by atoms with van der Waals surface area (Å²) >= 11 is 1.83. The van der Waals surface area contributed by atoms with E-state index in [1.165, 1.54) is 20.2 Å². The number of pyridine rings is 1. The Balaban J connectivity index is 1.23. The van der Waals surface area contributed by atoms with Gasteiger partial charge in [0.05, 0.1) is 11.4 Å². The van der Waals surface area contributed by atoms with Gasteiger partial charge in [0.1, 0.15) is 11.2 Å². The summed E-state index contributed by atoms with van der Waals surface area (Å²) in [7, 11) is 0. The summed E-state index contributed by atoms with van der Waals surface area (Å²) in [5.74, 6) is 0.649. The van der Waals surface area contributed by atoms with Crippen molar-refractivity contribution in [3.63, 3.8) is 0 Å². The topological polar surface area (TPSA) is 51.8 Å². The smallest absolute Gasteiger partial charge is 0.161 e. The molecule has 5 heteroatoms. The Kier molecular flexibility index (Phi) is 6.64. The number of rotatable bonds is 5. The lowest BCUT2D eigenvalue weighted by molar-refractivity contribution is 0.670. The lowest BCUT2D eigenvalue weighted by atomic mass is 9.96. The standard InChI is InChI=1S/C45H27N3OS/c1-2-11-28(12-3-1)38-26-39(30-14-8-13-29(25-30)31-15-10-24-46-27-31)48-45(47-38)37-23-22-33(43-42(37)36-17-4-6-20-40(36)49-43)35-19-9-18-34-32-16-5-7-21-41(32)50-44(34)35/h1-27H. The van der Waals surface area contributed by atoms with E-state index in [2.05, 4.69) is 120 Å². The van der Waals surface area contributed by atoms with Gasteiger partial charge in [0.25, 0.3) is 0 Å². The quantitative estimate of drug-likeness (QED) is 0.185. The van der Waals surface area contributed by atoms with Gasteiger partial charge < -0.3 is 4.42 Å². The Morgan fingerprint density at radius 1 is 0.480 bits per heavy atom. The van der Waals surface area contributed by atoms with Crippen molar-refractivity contribution in [2.75, 3.05) is 0 Å². The molecule has 0 aliphatic rings. The van der Waals surface area contributed by atoms with E-state index in [1.54, 1.807) is 6.20 Å². The molecule has 0 fully saturated rings. The molecule has 50 heavy (non-hydrogen) atoms. The van der Waals surface area contributed by atoms with Crippen LogP contribution >= 0.6 is 11.3 Å². The van der Waals surface area contributed by atoms with Crippen LogP contribution in [0.4, 0.5) is 0 Å². The van der Waals surface area contributed by atoms with E-state index in [4.69, 9.17) is 14.4 Å². The molecular weight excluding hydrogens is 631 g/mol. The van der Waals surface area contributed by atoms with Crippen LogP contribution in [0.1, 0.15) is 0 Å². The zero-order chi connectivity index (χ0) is 33.0. The first-order chi connectivity index (χ1) is 24.8. The molecule has 0 aliphatic carbocycles. The van der Waals surface area contributed by atoms with Crippen molar-refractivity contribution in [3.8, 4) is 56.2 Å². The van der Waals surface area contributed by atoms with Crippen LogP contribution in [-0.4, -0.2) is 15.0 Å². The van der Waals surface area contributed by atoms with Gasteiger partial charge in [-0.3, -0.25) is 4.98 Å². The number of aromatic nitrogens is 3. The number of benzene rings is 6. The molecule has 0 saturated carbocycles. The molecule has 6 aromatic carbocycles. The normalized spacial score (nSPS) is 11.6. The average molecular weight is 658 g/mol. The lowest BCUT2D eigenvalue weighted by Gasteiger charge is -2.12. The first-order valence-corrected chi connectivity index (χ1v) is 17.4. The third-order valence-corrected chi connectivity index (χ3v) is 10.6. The third-order valence-electron chi connectivity index (χ3n) is 9.41. The van der Waals surface area contributed by atoms with Crippen molar-refractivity contribution in [2.45, 2.75) is 0 Å². The molecule has 0 unspecified atom stereocenters. The highest BCUT2D eigenvalue weighted by atomic mass is 32.1. The zero-order valence-electron chi connectivity index (χ0n) is 26.7. The second kappa shape index (κ2) is 11.6. The number of furan rings is 1. The second-order valence-corrected chi connectivity index (χ2v) is 13.4. The molecule has 234 valence electrons. The van der Waals surface area contributed by atoms with Gasteiger partial charge in [-0.25, -0.2) is 9.97 Å². The summed E-state index contributed by atoms with van der Waals surface area (Å²) in [6.07, 6.45) is 3.69. The fraction of sp³-hybridized carbons (Fsp3) is 0. The molecule has 0 amide bonds. The summed E-state index contributed by atoms with van der Waals surface area (Å²) in [6, 6.07) is 52.7. The van der Waals surface area contributed by atoms with Crippen molar-refractivity contribution in [1.82, 2.24) is 15.0 Å². The van der Waals surface area contributed by atoms with Crippen LogP contribution in [0.15, 0.2) is 168 Å². The Bertz CT molecular complexity index is 2870. The molecule has 4 aromatic heterocycles. The fourth-order valence-corrected chi connectivity index (χ4v) is 8.28. The van der Waals surface area contributed by atoms with Crippen LogP contribution in [0.5, 0.6) is 0 Å². The minimum Gasteiger partial charge on any atom is -0.455 e. The highest BCUT2D eigenvalue weighted by Gasteiger charge is 2.22. The van der Waals surface area contributed by atoms with Gasteiger partial charge in [0, 0.05) is 76.7 Å². The Labute approximate surface area is 292 Å². The number of fused-ring (bicyclic) bond motifs is 6. The van der Waals surface area contributed by atoms with Crippen LogP contribution in [0.3, 0.4) is 0 Å². The highest BCUT2D eigenvalue weighted by Crippen LogP contribution is 2.46. The predicted octanol–water partition coefficient (Wildman–Crippen LogP) is 12.5. The van der Waals surface area contributed by atoms with Crippen LogP contribution < -0.4 is 0 Å². The number of thiophene rings is 1. The van der Waals surface area contributed by atoms with Crippen LogP contribution in [0.25, 0.3) is 98.3 Å². The largest absolute Gasteiger partial charge is 0.455 e. The Morgan fingerprint density at radius 2 is 1.18 bits per heavy atom. The molecule has 4 heterocycles. The molecular formula is C45H27N3OS. The van der Waals surface area contributed by atoms with Gasteiger partial charge in [-0.15, -0.1) is 11.3 Å². The molecule has 10 aromatic rings. The molecule has 0 radical (unpaired) electrons. The summed E-state index contributed by atoms with van der Waals surface area (Å²) < 4.78 is 9.29. The number of hydrogen-bond donors (Lipinski definition) is 0. The van der Waals surface area contributed by atoms with Crippen LogP contribution in [0.2, 0.25) is 0 Å². The predicted molar refractivity (Wildman–Crippen MR) is 207 cm³/mol. The molecule has 0 aliphatic heterocycles. The summed E-state index contributed by atoms with van der Waals surface area (Å²) in [6.45, 7) is 0. The molecule has 0 spiro atoms. The minimum atomic E-state index is 0.649. The van der Waals surface area contributed by atoms with Gasteiger partial charge in [-0.1, -0.05) is 109 Å². The second-order valence-electron chi connectivity index (χ2n) is 12.4. The maximum Gasteiger partial charge on any atom is 0.161 e. The number of para-hydroxylation sites is 1. The van der Waals surface area contributed by atoms with Crippen molar-refractivity contribution >= 4 is 53.4 Å². The Morgan fingerprint density at radius 3 is 2.06 bits per heavy atom. The zero-order valence-corrected chi connectivity index (χ0v) is 27.6. The van der Waals surface area contributed by atoms with E-state index in [0.717, 1.165) is 72.3 Å². The maximum atomic E-state index is 6.76. The van der Waals surface area contributed by atoms with Crippen molar-refractivity contribution in [1.29, 1.82) is 0 Å². The third kappa shape index (κ3) is 4.71. The van der Waals surface area contributed by atoms with Crippen molar-refractivity contribution in [3.05, 3.63) is 164 Å². The molecule has 4 nitrogen and oxygen atoms in total. The van der Waals surface area contributed by atoms with Crippen molar-refractivity contribution in [2.24, 2.45) is 0 Å². The maximum absolute atomic E-state index is 6.76. The van der Waals surface area contributed by atoms with Gasteiger partial charge in [0.2, 0.25) is 0 Å². The van der Waals surface area contributed by atoms with E-state index in [-0.39, 0.29) is 0 Å². The number of nitrogens with zero attached hydrogens (tertiary/aromatic N) is 3. The van der Waals surface area contributed by atoms with Gasteiger partial charge >= 0.3 is 0 Å². The first-order valence-electron chi connectivity index (χ1n) is 16.6. The van der Waals surface area contributed by atoms with E-state index in [9.17, 15) is 0 Å². The van der Waals surface area contributed by atoms with Crippen molar-refractivity contribution < 1.29 is 4.42 Å². The van der Waals surface area contributed by atoms with Gasteiger partial charge in [-0.05, 0) is 48.0 Å². The SMILES string of the molecule is c1ccc(-c2cc(-c3cccc(-c4cccnc4)c3)nc(-c3ccc(-c4cccc5c4sc4ccccc45)c4oc5ccccc5c34)n2)cc1. The lowest BCUT2D eigenvalue weighted by Crippen LogP contribution is -1.97. The average Bonchev–Trinajstić information content (AvgIpc) is 3.78. The Hall–Kier alpha value is -6.43. The van der Waals surface area contributed by atoms with E-state index < -0.39 is 0 Å². The van der Waals surface area contributed by atoms with Crippen LogP contribution in [0, 0.1) is 0 Å². The molecule has 0 bridgehead atoms. The van der Waals surface area contributed by atoms with E-state index in [1.807, 2.05) is 53.9 Å².